The van der Waals surface area contributed by atoms with Crippen molar-refractivity contribution in [1.29, 1.82) is 0 Å². The van der Waals surface area contributed by atoms with Crippen LogP contribution in [0.2, 0.25) is 0 Å². The molecule has 0 aliphatic carbocycles. The molecule has 38 heavy (non-hydrogen) atoms. The smallest absolute Gasteiger partial charge is 0.0644 e. The average Bonchev–Trinajstić information content (AvgIpc) is 2.91. The van der Waals surface area contributed by atoms with Crippen LogP contribution in [0.5, 0.6) is 0 Å². The molecule has 3 heteroatoms. The molecule has 0 fully saturated rings. The van der Waals surface area contributed by atoms with Gasteiger partial charge in [-0.25, -0.2) is 0 Å². The molecule has 0 rings (SSSR count). The minimum atomic E-state index is 0.369. The monoisotopic (exact) mass is 536 g/mol. The van der Waals surface area contributed by atoms with Gasteiger partial charge in [0.2, 0.25) is 0 Å². The van der Waals surface area contributed by atoms with Crippen molar-refractivity contribution in [2.75, 3.05) is 40.5 Å². The first-order valence-electron chi connectivity index (χ1n) is 16.8. The summed E-state index contributed by atoms with van der Waals surface area (Å²) < 4.78 is 11.9. The molecule has 0 N–H and O–H groups in total. The van der Waals surface area contributed by atoms with Gasteiger partial charge in [0.05, 0.1) is 19.3 Å². The second-order valence-electron chi connectivity index (χ2n) is 11.5. The van der Waals surface area contributed by atoms with Gasteiger partial charge in [-0.05, 0) is 59.0 Å². The van der Waals surface area contributed by atoms with Crippen LogP contribution in [-0.4, -0.2) is 51.5 Å². The predicted octanol–water partition coefficient (Wildman–Crippen LogP) is 10.7. The van der Waals surface area contributed by atoms with E-state index in [1.165, 1.54) is 135 Å². The first-order valence-corrected chi connectivity index (χ1v) is 16.8. The SMILES string of the molecule is CCCCCC=CCC=CCCCCCCCCCCCCOCC(COCCCCCCCC)N(C)C. The summed E-state index contributed by atoms with van der Waals surface area (Å²) in [6.07, 6.45) is 38.6. The zero-order valence-corrected chi connectivity index (χ0v) is 26.5. The lowest BCUT2D eigenvalue weighted by Gasteiger charge is -2.24. The summed E-state index contributed by atoms with van der Waals surface area (Å²) in [6, 6.07) is 0.369. The van der Waals surface area contributed by atoms with E-state index < -0.39 is 0 Å². The molecule has 0 aromatic rings. The van der Waals surface area contributed by atoms with Gasteiger partial charge in [0.1, 0.15) is 0 Å². The van der Waals surface area contributed by atoms with E-state index in [0.717, 1.165) is 32.8 Å². The van der Waals surface area contributed by atoms with Crippen LogP contribution >= 0.6 is 0 Å². The maximum absolute atomic E-state index is 5.99. The molecule has 0 saturated carbocycles. The van der Waals surface area contributed by atoms with Crippen LogP contribution in [0.15, 0.2) is 24.3 Å². The molecule has 0 aromatic heterocycles. The fraction of sp³-hybridized carbons (Fsp3) is 0.886. The van der Waals surface area contributed by atoms with Crippen molar-refractivity contribution in [3.8, 4) is 0 Å². The molecule has 0 radical (unpaired) electrons. The van der Waals surface area contributed by atoms with Crippen LogP contribution in [0.3, 0.4) is 0 Å². The molecule has 0 saturated heterocycles. The Morgan fingerprint density at radius 3 is 1.29 bits per heavy atom. The Morgan fingerprint density at radius 1 is 0.474 bits per heavy atom. The molecular weight excluding hydrogens is 466 g/mol. The van der Waals surface area contributed by atoms with E-state index in [4.69, 9.17) is 9.47 Å². The minimum Gasteiger partial charge on any atom is -0.380 e. The minimum absolute atomic E-state index is 0.369. The Hall–Kier alpha value is -0.640. The second kappa shape index (κ2) is 32.6. The van der Waals surface area contributed by atoms with Crippen molar-refractivity contribution >= 4 is 0 Å². The van der Waals surface area contributed by atoms with Gasteiger partial charge < -0.3 is 14.4 Å². The number of unbranched alkanes of at least 4 members (excludes halogenated alkanes) is 18. The largest absolute Gasteiger partial charge is 0.380 e. The zero-order chi connectivity index (χ0) is 27.8. The standard InChI is InChI=1S/C35H69NO2/c1-5-7-9-11-13-14-15-16-17-18-19-20-21-22-23-24-25-26-28-30-32-38-34-35(36(3)4)33-37-31-29-27-12-10-8-6-2/h13-14,16-17,35H,5-12,15,18-34H2,1-4H3. The van der Waals surface area contributed by atoms with E-state index >= 15 is 0 Å². The van der Waals surface area contributed by atoms with E-state index in [0.29, 0.717) is 6.04 Å². The molecule has 1 unspecified atom stereocenters. The molecule has 0 aliphatic rings. The van der Waals surface area contributed by atoms with Gasteiger partial charge in [0, 0.05) is 13.2 Å². The summed E-state index contributed by atoms with van der Waals surface area (Å²) >= 11 is 0. The first-order chi connectivity index (χ1) is 18.7. The zero-order valence-electron chi connectivity index (χ0n) is 26.5. The molecule has 226 valence electrons. The van der Waals surface area contributed by atoms with Crippen LogP contribution in [0.25, 0.3) is 0 Å². The number of nitrogens with zero attached hydrogens (tertiary/aromatic N) is 1. The number of likely N-dealkylation sites (N-methyl/N-ethyl adjacent to an activating group) is 1. The fourth-order valence-corrected chi connectivity index (χ4v) is 4.67. The van der Waals surface area contributed by atoms with Gasteiger partial charge in [-0.1, -0.05) is 134 Å². The summed E-state index contributed by atoms with van der Waals surface area (Å²) in [5.41, 5.74) is 0. The molecule has 0 aromatic carbocycles. The lowest BCUT2D eigenvalue weighted by atomic mass is 10.1. The van der Waals surface area contributed by atoms with Gasteiger partial charge in [0.15, 0.2) is 0 Å². The highest BCUT2D eigenvalue weighted by Gasteiger charge is 2.11. The van der Waals surface area contributed by atoms with Crippen molar-refractivity contribution in [2.24, 2.45) is 0 Å². The molecular formula is C35H69NO2. The van der Waals surface area contributed by atoms with E-state index in [2.05, 4.69) is 57.1 Å². The molecule has 0 bridgehead atoms. The van der Waals surface area contributed by atoms with E-state index in [1.54, 1.807) is 0 Å². The molecule has 0 heterocycles. The highest BCUT2D eigenvalue weighted by Crippen LogP contribution is 2.12. The Balaban J connectivity index is 3.37. The first kappa shape index (κ1) is 37.4. The van der Waals surface area contributed by atoms with E-state index in [-0.39, 0.29) is 0 Å². The maximum atomic E-state index is 5.99. The third-order valence-corrected chi connectivity index (χ3v) is 7.48. The van der Waals surface area contributed by atoms with Crippen molar-refractivity contribution in [3.05, 3.63) is 24.3 Å². The summed E-state index contributed by atoms with van der Waals surface area (Å²) in [4.78, 5) is 2.24. The topological polar surface area (TPSA) is 21.7 Å². The Bertz CT molecular complexity index is 488. The fourth-order valence-electron chi connectivity index (χ4n) is 4.67. The van der Waals surface area contributed by atoms with Crippen LogP contribution in [0.1, 0.15) is 155 Å². The molecule has 0 spiro atoms. The molecule has 0 amide bonds. The normalized spacial score (nSPS) is 13.0. The Kier molecular flexibility index (Phi) is 32.0. The van der Waals surface area contributed by atoms with Crippen molar-refractivity contribution in [3.63, 3.8) is 0 Å². The third-order valence-electron chi connectivity index (χ3n) is 7.48. The average molecular weight is 536 g/mol. The van der Waals surface area contributed by atoms with E-state index in [1.807, 2.05) is 0 Å². The van der Waals surface area contributed by atoms with Gasteiger partial charge in [-0.3, -0.25) is 0 Å². The van der Waals surface area contributed by atoms with Crippen molar-refractivity contribution in [1.82, 2.24) is 4.90 Å². The number of rotatable bonds is 31. The summed E-state index contributed by atoms with van der Waals surface area (Å²) in [7, 11) is 4.27. The van der Waals surface area contributed by atoms with Crippen LogP contribution in [0.4, 0.5) is 0 Å². The molecule has 0 aliphatic heterocycles. The van der Waals surface area contributed by atoms with Gasteiger partial charge in [-0.15, -0.1) is 0 Å². The van der Waals surface area contributed by atoms with E-state index in [9.17, 15) is 0 Å². The number of ether oxygens (including phenoxy) is 2. The highest BCUT2D eigenvalue weighted by molar-refractivity contribution is 4.92. The van der Waals surface area contributed by atoms with Crippen LogP contribution in [-0.2, 0) is 9.47 Å². The molecule has 3 nitrogen and oxygen atoms in total. The lowest BCUT2D eigenvalue weighted by molar-refractivity contribution is 0.0197. The third kappa shape index (κ3) is 29.9. The number of allylic oxidation sites excluding steroid dienone is 4. The number of hydrogen-bond acceptors (Lipinski definition) is 3. The lowest BCUT2D eigenvalue weighted by Crippen LogP contribution is -2.37. The van der Waals surface area contributed by atoms with Gasteiger partial charge >= 0.3 is 0 Å². The molecule has 1 atom stereocenters. The number of hydrogen-bond donors (Lipinski definition) is 0. The summed E-state index contributed by atoms with van der Waals surface area (Å²) in [5, 5.41) is 0. The van der Waals surface area contributed by atoms with Gasteiger partial charge in [0.25, 0.3) is 0 Å². The Morgan fingerprint density at radius 2 is 0.842 bits per heavy atom. The van der Waals surface area contributed by atoms with Crippen molar-refractivity contribution < 1.29 is 9.47 Å². The van der Waals surface area contributed by atoms with Crippen LogP contribution in [0, 0.1) is 0 Å². The van der Waals surface area contributed by atoms with Gasteiger partial charge in [-0.2, -0.15) is 0 Å². The highest BCUT2D eigenvalue weighted by atomic mass is 16.5. The Labute approximate surface area is 240 Å². The predicted molar refractivity (Wildman–Crippen MR) is 170 cm³/mol. The quantitative estimate of drug-likeness (QED) is 0.0651. The maximum Gasteiger partial charge on any atom is 0.0644 e. The second-order valence-corrected chi connectivity index (χ2v) is 11.5. The summed E-state index contributed by atoms with van der Waals surface area (Å²) in [5.74, 6) is 0. The van der Waals surface area contributed by atoms with Crippen LogP contribution < -0.4 is 0 Å². The van der Waals surface area contributed by atoms with Crippen molar-refractivity contribution in [2.45, 2.75) is 161 Å². The summed E-state index contributed by atoms with van der Waals surface area (Å²) in [6.45, 7) is 7.90.